The molecule has 0 spiro atoms. The zero-order valence-electron chi connectivity index (χ0n) is 21.3. The van der Waals surface area contributed by atoms with Crippen molar-refractivity contribution in [2.24, 2.45) is 0 Å². The first kappa shape index (κ1) is 22.8. The molecule has 0 aliphatic heterocycles. The molecule has 8 aromatic rings. The first-order valence-electron chi connectivity index (χ1n) is 13.1. The van der Waals surface area contributed by atoms with E-state index in [2.05, 4.69) is 66.7 Å². The van der Waals surface area contributed by atoms with Crippen molar-refractivity contribution in [1.82, 2.24) is 15.0 Å². The molecular formula is C35H21N3OS. The van der Waals surface area contributed by atoms with Gasteiger partial charge in [-0.2, -0.15) is 0 Å². The predicted molar refractivity (Wildman–Crippen MR) is 164 cm³/mol. The Morgan fingerprint density at radius 1 is 0.475 bits per heavy atom. The molecule has 0 aliphatic rings. The van der Waals surface area contributed by atoms with E-state index >= 15 is 0 Å². The van der Waals surface area contributed by atoms with Crippen molar-refractivity contribution >= 4 is 42.5 Å². The van der Waals surface area contributed by atoms with Gasteiger partial charge >= 0.3 is 0 Å². The lowest BCUT2D eigenvalue weighted by molar-refractivity contribution is 0.625. The molecule has 0 aliphatic carbocycles. The number of hydrogen-bond donors (Lipinski definition) is 0. The number of furan rings is 1. The Morgan fingerprint density at radius 2 is 1.18 bits per heavy atom. The molecule has 5 heteroatoms. The number of fused-ring (bicyclic) bond motifs is 4. The van der Waals surface area contributed by atoms with Crippen LogP contribution in [0, 0.1) is 0 Å². The summed E-state index contributed by atoms with van der Waals surface area (Å²) < 4.78 is 8.68. The average molecular weight is 532 g/mol. The Bertz CT molecular complexity index is 2150. The van der Waals surface area contributed by atoms with Gasteiger partial charge in [0, 0.05) is 36.7 Å². The number of para-hydroxylation sites is 1. The van der Waals surface area contributed by atoms with Crippen molar-refractivity contribution in [3.05, 3.63) is 127 Å². The van der Waals surface area contributed by atoms with Gasteiger partial charge < -0.3 is 4.42 Å². The quantitative estimate of drug-likeness (QED) is 0.227. The molecule has 0 bridgehead atoms. The van der Waals surface area contributed by atoms with Crippen LogP contribution in [0.25, 0.3) is 76.6 Å². The predicted octanol–water partition coefficient (Wildman–Crippen LogP) is 9.65. The Hall–Kier alpha value is -5.13. The maximum absolute atomic E-state index is 6.21. The first-order valence-corrected chi connectivity index (χ1v) is 13.9. The fourth-order valence-electron chi connectivity index (χ4n) is 5.24. The second-order valence-electron chi connectivity index (χ2n) is 9.68. The van der Waals surface area contributed by atoms with E-state index in [4.69, 9.17) is 19.4 Å². The number of aromatic nitrogens is 3. The summed E-state index contributed by atoms with van der Waals surface area (Å²) in [5.41, 5.74) is 4.86. The van der Waals surface area contributed by atoms with Crippen LogP contribution in [-0.2, 0) is 0 Å². The fraction of sp³-hybridized carbons (Fsp3) is 0. The smallest absolute Gasteiger partial charge is 0.199 e. The Balaban J connectivity index is 1.36. The van der Waals surface area contributed by atoms with Crippen LogP contribution in [0.3, 0.4) is 0 Å². The Kier molecular flexibility index (Phi) is 5.28. The summed E-state index contributed by atoms with van der Waals surface area (Å²) in [5.74, 6) is 2.35. The molecule has 3 aromatic heterocycles. The van der Waals surface area contributed by atoms with Crippen molar-refractivity contribution in [3.8, 4) is 45.5 Å². The summed E-state index contributed by atoms with van der Waals surface area (Å²) >= 11 is 1.78. The van der Waals surface area contributed by atoms with Crippen LogP contribution in [0.15, 0.2) is 132 Å². The topological polar surface area (TPSA) is 51.8 Å². The van der Waals surface area contributed by atoms with Gasteiger partial charge in [-0.25, -0.2) is 15.0 Å². The van der Waals surface area contributed by atoms with Crippen LogP contribution >= 0.6 is 11.3 Å². The van der Waals surface area contributed by atoms with Crippen LogP contribution in [0.1, 0.15) is 0 Å². The lowest BCUT2D eigenvalue weighted by Gasteiger charge is -2.11. The zero-order chi connectivity index (χ0) is 26.5. The lowest BCUT2D eigenvalue weighted by Crippen LogP contribution is -2.00. The Labute approximate surface area is 234 Å². The molecular weight excluding hydrogens is 510 g/mol. The SMILES string of the molecule is c1ccc(-c2ccccc2-c2nc(-c3ccc4c(c3)sc3ccccc34)nc(-c3cc4ccccc4o3)n2)cc1. The summed E-state index contributed by atoms with van der Waals surface area (Å²) in [6.45, 7) is 0. The van der Waals surface area contributed by atoms with Crippen LogP contribution in [0.4, 0.5) is 0 Å². The van der Waals surface area contributed by atoms with E-state index in [0.717, 1.165) is 33.2 Å². The summed E-state index contributed by atoms with van der Waals surface area (Å²) in [6.07, 6.45) is 0. The molecule has 40 heavy (non-hydrogen) atoms. The van der Waals surface area contributed by atoms with Crippen molar-refractivity contribution in [2.75, 3.05) is 0 Å². The molecule has 0 fully saturated rings. The maximum atomic E-state index is 6.21. The minimum atomic E-state index is 0.510. The van der Waals surface area contributed by atoms with Crippen molar-refractivity contribution in [1.29, 1.82) is 0 Å². The third-order valence-corrected chi connectivity index (χ3v) is 8.30. The van der Waals surface area contributed by atoms with Gasteiger partial charge in [0.05, 0.1) is 0 Å². The van der Waals surface area contributed by atoms with Crippen LogP contribution in [0.2, 0.25) is 0 Å². The molecule has 0 unspecified atom stereocenters. The minimum Gasteiger partial charge on any atom is -0.453 e. The van der Waals surface area contributed by atoms with E-state index in [9.17, 15) is 0 Å². The normalized spacial score (nSPS) is 11.5. The van der Waals surface area contributed by atoms with Gasteiger partial charge in [-0.15, -0.1) is 11.3 Å². The monoisotopic (exact) mass is 531 g/mol. The largest absolute Gasteiger partial charge is 0.453 e. The van der Waals surface area contributed by atoms with Gasteiger partial charge in [0.2, 0.25) is 0 Å². The first-order chi connectivity index (χ1) is 19.8. The molecule has 0 radical (unpaired) electrons. The number of benzene rings is 5. The van der Waals surface area contributed by atoms with Crippen LogP contribution in [-0.4, -0.2) is 15.0 Å². The third-order valence-electron chi connectivity index (χ3n) is 7.17. The number of thiophene rings is 1. The van der Waals surface area contributed by atoms with E-state index in [0.29, 0.717) is 23.2 Å². The lowest BCUT2D eigenvalue weighted by atomic mass is 9.99. The highest BCUT2D eigenvalue weighted by atomic mass is 32.1. The number of rotatable bonds is 4. The average Bonchev–Trinajstić information content (AvgIpc) is 3.63. The van der Waals surface area contributed by atoms with Gasteiger partial charge in [0.25, 0.3) is 0 Å². The summed E-state index contributed by atoms with van der Waals surface area (Å²) in [7, 11) is 0. The van der Waals surface area contributed by atoms with Crippen molar-refractivity contribution < 1.29 is 4.42 Å². The summed E-state index contributed by atoms with van der Waals surface area (Å²) in [5, 5.41) is 3.52. The molecule has 0 saturated heterocycles. The molecule has 0 atom stereocenters. The van der Waals surface area contributed by atoms with E-state index in [1.54, 1.807) is 11.3 Å². The van der Waals surface area contributed by atoms with Gasteiger partial charge in [-0.1, -0.05) is 103 Å². The van der Waals surface area contributed by atoms with Crippen LogP contribution in [0.5, 0.6) is 0 Å². The van der Waals surface area contributed by atoms with Crippen LogP contribution < -0.4 is 0 Å². The van der Waals surface area contributed by atoms with E-state index < -0.39 is 0 Å². The minimum absolute atomic E-state index is 0.510. The highest BCUT2D eigenvalue weighted by Gasteiger charge is 2.18. The van der Waals surface area contributed by atoms with Gasteiger partial charge in [0.15, 0.2) is 23.2 Å². The zero-order valence-corrected chi connectivity index (χ0v) is 22.1. The van der Waals surface area contributed by atoms with E-state index in [1.165, 1.54) is 20.2 Å². The molecule has 0 amide bonds. The second kappa shape index (κ2) is 9.26. The van der Waals surface area contributed by atoms with Gasteiger partial charge in [0.1, 0.15) is 5.58 Å². The molecule has 0 N–H and O–H groups in total. The fourth-order valence-corrected chi connectivity index (χ4v) is 6.39. The van der Waals surface area contributed by atoms with Crippen molar-refractivity contribution in [2.45, 2.75) is 0 Å². The standard InChI is InChI=1S/C35H21N3OS/c1-2-10-22(11-3-1)25-13-5-6-15-28(25)34-36-33(37-35(38-34)30-20-23-12-4-8-16-29(23)39-30)24-18-19-27-26-14-7-9-17-31(26)40-32(27)21-24/h1-21H. The van der Waals surface area contributed by atoms with E-state index in [1.807, 2.05) is 60.7 Å². The molecule has 188 valence electrons. The van der Waals surface area contributed by atoms with E-state index in [-0.39, 0.29) is 0 Å². The number of nitrogens with zero attached hydrogens (tertiary/aromatic N) is 3. The highest BCUT2D eigenvalue weighted by Crippen LogP contribution is 2.37. The van der Waals surface area contributed by atoms with Crippen molar-refractivity contribution in [3.63, 3.8) is 0 Å². The molecule has 0 saturated carbocycles. The molecule has 5 aromatic carbocycles. The highest BCUT2D eigenvalue weighted by molar-refractivity contribution is 7.25. The van der Waals surface area contributed by atoms with Gasteiger partial charge in [-0.3, -0.25) is 0 Å². The second-order valence-corrected chi connectivity index (χ2v) is 10.8. The molecule has 4 nitrogen and oxygen atoms in total. The van der Waals surface area contributed by atoms with Gasteiger partial charge in [-0.05, 0) is 35.4 Å². The molecule has 8 rings (SSSR count). The number of hydrogen-bond acceptors (Lipinski definition) is 5. The summed E-state index contributed by atoms with van der Waals surface area (Å²) in [6, 6.07) is 43.5. The third kappa shape index (κ3) is 3.87. The summed E-state index contributed by atoms with van der Waals surface area (Å²) in [4.78, 5) is 15.0. The Morgan fingerprint density at radius 3 is 2.08 bits per heavy atom. The molecule has 3 heterocycles. The maximum Gasteiger partial charge on any atom is 0.199 e.